The average Bonchev–Trinajstić information content (AvgIpc) is 2.76. The number of rotatable bonds is 7. The molecular weight excluding hydrogens is 489 g/mol. The van der Waals surface area contributed by atoms with Crippen molar-refractivity contribution in [3.05, 3.63) is 35.4 Å². The monoisotopic (exact) mass is 529 g/mol. The first kappa shape index (κ1) is 25.4. The van der Waals surface area contributed by atoms with E-state index >= 15 is 0 Å². The van der Waals surface area contributed by atoms with Gasteiger partial charge in [-0.15, -0.1) is 24.0 Å². The van der Waals surface area contributed by atoms with Gasteiger partial charge < -0.3 is 15.4 Å². The second kappa shape index (κ2) is 12.8. The smallest absolute Gasteiger partial charge is 0.191 e. The number of nitrogens with one attached hydrogen (secondary N) is 2. The number of halogens is 1. The lowest BCUT2D eigenvalue weighted by molar-refractivity contribution is 0.0342. The van der Waals surface area contributed by atoms with Gasteiger partial charge in [0.15, 0.2) is 5.96 Å². The van der Waals surface area contributed by atoms with E-state index in [0.29, 0.717) is 0 Å². The van der Waals surface area contributed by atoms with Crippen LogP contribution in [0.1, 0.15) is 44.2 Å². The van der Waals surface area contributed by atoms with Gasteiger partial charge >= 0.3 is 0 Å². The fourth-order valence-corrected chi connectivity index (χ4v) is 4.10. The molecule has 170 valence electrons. The van der Waals surface area contributed by atoms with Crippen LogP contribution >= 0.6 is 24.0 Å². The molecule has 0 aliphatic carbocycles. The van der Waals surface area contributed by atoms with Crippen LogP contribution in [0.4, 0.5) is 0 Å². The van der Waals surface area contributed by atoms with Crippen molar-refractivity contribution in [2.75, 3.05) is 53.0 Å². The van der Waals surface area contributed by atoms with Gasteiger partial charge in [-0.05, 0) is 50.9 Å². The molecule has 1 aromatic rings. The zero-order valence-electron chi connectivity index (χ0n) is 19.0. The third-order valence-electron chi connectivity index (χ3n) is 6.12. The number of guanidine groups is 1. The minimum Gasteiger partial charge on any atom is -0.379 e. The van der Waals surface area contributed by atoms with E-state index in [1.54, 1.807) is 0 Å². The Hall–Kier alpha value is -0.900. The van der Waals surface area contributed by atoms with Crippen molar-refractivity contribution in [1.29, 1.82) is 0 Å². The van der Waals surface area contributed by atoms with Crippen LogP contribution in [-0.2, 0) is 17.8 Å². The molecule has 0 spiro atoms. The van der Waals surface area contributed by atoms with Crippen LogP contribution in [0, 0.1) is 0 Å². The molecule has 0 bridgehead atoms. The van der Waals surface area contributed by atoms with Gasteiger partial charge in [-0.2, -0.15) is 0 Å². The van der Waals surface area contributed by atoms with Crippen molar-refractivity contribution in [2.24, 2.45) is 4.99 Å². The number of hydrogen-bond donors (Lipinski definition) is 2. The Morgan fingerprint density at radius 1 is 0.967 bits per heavy atom. The topological polar surface area (TPSA) is 52.1 Å². The minimum atomic E-state index is 0. The maximum Gasteiger partial charge on any atom is 0.191 e. The summed E-state index contributed by atoms with van der Waals surface area (Å²) in [5, 5.41) is 6.98. The maximum absolute atomic E-state index is 5.43. The Bertz CT molecular complexity index is 637. The van der Waals surface area contributed by atoms with E-state index in [0.717, 1.165) is 51.9 Å². The zero-order chi connectivity index (χ0) is 20.5. The molecule has 2 N–H and O–H groups in total. The fourth-order valence-electron chi connectivity index (χ4n) is 4.10. The van der Waals surface area contributed by atoms with Gasteiger partial charge in [-0.25, -0.2) is 0 Å². The highest BCUT2D eigenvalue weighted by Crippen LogP contribution is 2.19. The summed E-state index contributed by atoms with van der Waals surface area (Å²) in [4.78, 5) is 9.46. The Morgan fingerprint density at radius 2 is 1.60 bits per heavy atom. The summed E-state index contributed by atoms with van der Waals surface area (Å²) >= 11 is 0. The maximum atomic E-state index is 5.43. The minimum absolute atomic E-state index is 0. The molecule has 7 heteroatoms. The van der Waals surface area contributed by atoms with Gasteiger partial charge in [0.05, 0.1) is 13.2 Å². The Kier molecular flexibility index (Phi) is 10.8. The molecule has 2 saturated heterocycles. The summed E-state index contributed by atoms with van der Waals surface area (Å²) in [6, 6.07) is 8.91. The van der Waals surface area contributed by atoms with E-state index < -0.39 is 0 Å². The van der Waals surface area contributed by atoms with Crippen LogP contribution in [0.15, 0.2) is 29.3 Å². The molecule has 2 aliphatic heterocycles. The van der Waals surface area contributed by atoms with Gasteiger partial charge in [0.1, 0.15) is 0 Å². The molecule has 0 saturated carbocycles. The van der Waals surface area contributed by atoms with Gasteiger partial charge in [-0.3, -0.25) is 14.8 Å². The van der Waals surface area contributed by atoms with E-state index in [2.05, 4.69) is 63.5 Å². The van der Waals surface area contributed by atoms with E-state index in [1.807, 2.05) is 7.05 Å². The Morgan fingerprint density at radius 3 is 2.23 bits per heavy atom. The first-order valence-electron chi connectivity index (χ1n) is 11.1. The first-order chi connectivity index (χ1) is 14.1. The van der Waals surface area contributed by atoms with Gasteiger partial charge in [0, 0.05) is 45.3 Å². The highest BCUT2D eigenvalue weighted by molar-refractivity contribution is 14.0. The van der Waals surface area contributed by atoms with Gasteiger partial charge in [-0.1, -0.05) is 30.7 Å². The summed E-state index contributed by atoms with van der Waals surface area (Å²) in [6.45, 7) is 13.5. The summed E-state index contributed by atoms with van der Waals surface area (Å²) in [6.07, 6.45) is 4.00. The largest absolute Gasteiger partial charge is 0.379 e. The van der Waals surface area contributed by atoms with Crippen molar-refractivity contribution in [2.45, 2.75) is 51.7 Å². The van der Waals surface area contributed by atoms with E-state index in [1.165, 1.54) is 43.5 Å². The molecule has 3 rings (SSSR count). The average molecular weight is 530 g/mol. The summed E-state index contributed by atoms with van der Waals surface area (Å²) in [5.41, 5.74) is 2.77. The van der Waals surface area contributed by atoms with Crippen LogP contribution in [-0.4, -0.2) is 74.3 Å². The standard InChI is InChI=1S/C23H39N5O.HI/c1-23(2,28-11-5-4-6-12-28)19-26-22(24-3)25-17-20-7-9-21(10-8-20)18-27-13-15-29-16-14-27;/h7-10H,4-6,11-19H2,1-3H3,(H2,24,25,26);1H. The predicted octanol–water partition coefficient (Wildman–Crippen LogP) is 3.07. The second-order valence-electron chi connectivity index (χ2n) is 8.84. The Balaban J connectivity index is 0.00000320. The molecule has 0 atom stereocenters. The molecule has 2 fully saturated rings. The fraction of sp³-hybridized carbons (Fsp3) is 0.696. The second-order valence-corrected chi connectivity index (χ2v) is 8.84. The van der Waals surface area contributed by atoms with Gasteiger partial charge in [0.25, 0.3) is 0 Å². The summed E-state index contributed by atoms with van der Waals surface area (Å²) in [5.74, 6) is 0.868. The van der Waals surface area contributed by atoms with E-state index in [-0.39, 0.29) is 29.5 Å². The van der Waals surface area contributed by atoms with Crippen molar-refractivity contribution in [3.8, 4) is 0 Å². The molecule has 0 aromatic heterocycles. The number of morpholine rings is 1. The van der Waals surface area contributed by atoms with Crippen molar-refractivity contribution < 1.29 is 4.74 Å². The SMILES string of the molecule is CN=C(NCc1ccc(CN2CCOCC2)cc1)NCC(C)(C)N1CCCCC1.I. The molecule has 0 radical (unpaired) electrons. The lowest BCUT2D eigenvalue weighted by atomic mass is 9.98. The molecule has 1 aromatic carbocycles. The number of ether oxygens (including phenoxy) is 1. The molecule has 2 heterocycles. The van der Waals surface area contributed by atoms with Crippen LogP contribution in [0.5, 0.6) is 0 Å². The quantitative estimate of drug-likeness (QED) is 0.323. The molecule has 2 aliphatic rings. The van der Waals surface area contributed by atoms with Crippen molar-refractivity contribution in [1.82, 2.24) is 20.4 Å². The van der Waals surface area contributed by atoms with Gasteiger partial charge in [0.2, 0.25) is 0 Å². The highest BCUT2D eigenvalue weighted by Gasteiger charge is 2.27. The molecule has 6 nitrogen and oxygen atoms in total. The van der Waals surface area contributed by atoms with Crippen LogP contribution < -0.4 is 10.6 Å². The van der Waals surface area contributed by atoms with Crippen LogP contribution in [0.3, 0.4) is 0 Å². The van der Waals surface area contributed by atoms with Crippen molar-refractivity contribution in [3.63, 3.8) is 0 Å². The highest BCUT2D eigenvalue weighted by atomic mass is 127. The lowest BCUT2D eigenvalue weighted by Gasteiger charge is -2.41. The summed E-state index contributed by atoms with van der Waals surface area (Å²) < 4.78 is 5.43. The van der Waals surface area contributed by atoms with E-state index in [9.17, 15) is 0 Å². The molecule has 0 amide bonds. The number of likely N-dealkylation sites (tertiary alicyclic amines) is 1. The molecular formula is C23H40IN5O. The predicted molar refractivity (Wildman–Crippen MR) is 136 cm³/mol. The number of aliphatic imine (C=N–C) groups is 1. The van der Waals surface area contributed by atoms with E-state index in [4.69, 9.17) is 4.74 Å². The molecule has 0 unspecified atom stereocenters. The normalized spacial score (nSPS) is 19.2. The number of benzene rings is 1. The van der Waals surface area contributed by atoms with Crippen LogP contribution in [0.25, 0.3) is 0 Å². The number of piperidine rings is 1. The van der Waals surface area contributed by atoms with Crippen molar-refractivity contribution >= 4 is 29.9 Å². The number of nitrogens with zero attached hydrogens (tertiary/aromatic N) is 3. The third-order valence-corrected chi connectivity index (χ3v) is 6.12. The number of hydrogen-bond acceptors (Lipinski definition) is 4. The third kappa shape index (κ3) is 7.98. The first-order valence-corrected chi connectivity index (χ1v) is 11.1. The zero-order valence-corrected chi connectivity index (χ0v) is 21.3. The Labute approximate surface area is 199 Å². The van der Waals surface area contributed by atoms with Crippen LogP contribution in [0.2, 0.25) is 0 Å². The summed E-state index contributed by atoms with van der Waals surface area (Å²) in [7, 11) is 1.84. The lowest BCUT2D eigenvalue weighted by Crippen LogP contribution is -2.54. The molecule has 30 heavy (non-hydrogen) atoms.